The molecule has 1 saturated heterocycles. The molecule has 1 aromatic carbocycles. The van der Waals surface area contributed by atoms with Gasteiger partial charge in [-0.2, -0.15) is 0 Å². The number of methoxy groups -OCH3 is 1. The van der Waals surface area contributed by atoms with Crippen LogP contribution in [-0.4, -0.2) is 51.4 Å². The Morgan fingerprint density at radius 3 is 2.90 bits per heavy atom. The number of rotatable bonds is 5. The zero-order chi connectivity index (χ0) is 14.5. The smallest absolute Gasteiger partial charge is 0.133 e. The molecule has 1 N–H and O–H groups in total. The number of benzene rings is 1. The Hall–Kier alpha value is -0.620. The van der Waals surface area contributed by atoms with Gasteiger partial charge in [0.15, 0.2) is 0 Å². The summed E-state index contributed by atoms with van der Waals surface area (Å²) in [7, 11) is 3.65. The predicted octanol–water partition coefficient (Wildman–Crippen LogP) is 2.44. The van der Waals surface area contributed by atoms with Crippen LogP contribution >= 0.6 is 15.9 Å². The van der Waals surface area contributed by atoms with E-state index in [-0.39, 0.29) is 12.1 Å². The van der Waals surface area contributed by atoms with Crippen LogP contribution in [0.5, 0.6) is 5.75 Å². The molecule has 4 nitrogen and oxygen atoms in total. The van der Waals surface area contributed by atoms with Gasteiger partial charge in [-0.05, 0) is 47.2 Å². The first-order valence-corrected chi connectivity index (χ1v) is 7.84. The summed E-state index contributed by atoms with van der Waals surface area (Å²) in [5.74, 6) is 0.860. The fourth-order valence-electron chi connectivity index (χ4n) is 2.81. The van der Waals surface area contributed by atoms with Crippen molar-refractivity contribution < 1.29 is 9.47 Å². The van der Waals surface area contributed by atoms with E-state index >= 15 is 0 Å². The van der Waals surface area contributed by atoms with Crippen molar-refractivity contribution >= 4 is 15.9 Å². The van der Waals surface area contributed by atoms with Crippen molar-refractivity contribution in [2.24, 2.45) is 0 Å². The van der Waals surface area contributed by atoms with Crippen molar-refractivity contribution in [2.75, 3.05) is 40.4 Å². The average Bonchev–Trinajstić information content (AvgIpc) is 2.47. The maximum absolute atomic E-state index is 5.96. The van der Waals surface area contributed by atoms with E-state index in [2.05, 4.69) is 45.2 Å². The Morgan fingerprint density at radius 1 is 1.50 bits per heavy atom. The number of hydrogen-bond acceptors (Lipinski definition) is 4. The number of hydrogen-bond donors (Lipinski definition) is 1. The van der Waals surface area contributed by atoms with Crippen LogP contribution in [0.2, 0.25) is 0 Å². The number of nitrogens with one attached hydrogen (secondary N) is 1. The molecule has 1 aliphatic heterocycles. The van der Waals surface area contributed by atoms with E-state index in [0.717, 1.165) is 36.5 Å². The third-order valence-corrected chi connectivity index (χ3v) is 4.40. The molecule has 2 atom stereocenters. The van der Waals surface area contributed by atoms with Crippen molar-refractivity contribution in [3.8, 4) is 5.75 Å². The molecule has 1 aliphatic rings. The van der Waals surface area contributed by atoms with Gasteiger partial charge in [0.2, 0.25) is 0 Å². The average molecular weight is 343 g/mol. The summed E-state index contributed by atoms with van der Waals surface area (Å²) in [4.78, 5) is 2.47. The SMILES string of the molecule is CCN1CCOC(CNC)C1c1ccc(OC)c(Br)c1. The normalized spacial score (nSPS) is 23.8. The summed E-state index contributed by atoms with van der Waals surface area (Å²) in [6.07, 6.45) is 0.175. The highest BCUT2D eigenvalue weighted by atomic mass is 79.9. The van der Waals surface area contributed by atoms with Gasteiger partial charge in [0.1, 0.15) is 5.75 Å². The highest BCUT2D eigenvalue weighted by Crippen LogP contribution is 2.34. The molecule has 0 saturated carbocycles. The maximum Gasteiger partial charge on any atom is 0.133 e. The van der Waals surface area contributed by atoms with Gasteiger partial charge in [0.25, 0.3) is 0 Å². The Labute approximate surface area is 129 Å². The maximum atomic E-state index is 5.96. The molecule has 0 spiro atoms. The summed E-state index contributed by atoms with van der Waals surface area (Å²) in [6.45, 7) is 5.86. The number of likely N-dealkylation sites (N-methyl/N-ethyl adjacent to an activating group) is 2. The summed E-state index contributed by atoms with van der Waals surface area (Å²) in [5.41, 5.74) is 1.26. The summed E-state index contributed by atoms with van der Waals surface area (Å²) in [6, 6.07) is 6.57. The monoisotopic (exact) mass is 342 g/mol. The second-order valence-corrected chi connectivity index (χ2v) is 5.79. The fraction of sp³-hybridized carbons (Fsp3) is 0.600. The van der Waals surface area contributed by atoms with Gasteiger partial charge >= 0.3 is 0 Å². The van der Waals surface area contributed by atoms with Crippen LogP contribution in [0.3, 0.4) is 0 Å². The minimum Gasteiger partial charge on any atom is -0.496 e. The van der Waals surface area contributed by atoms with Gasteiger partial charge in [-0.15, -0.1) is 0 Å². The van der Waals surface area contributed by atoms with E-state index in [1.54, 1.807) is 7.11 Å². The van der Waals surface area contributed by atoms with Gasteiger partial charge in [-0.1, -0.05) is 13.0 Å². The van der Waals surface area contributed by atoms with Crippen LogP contribution in [0.25, 0.3) is 0 Å². The fourth-order valence-corrected chi connectivity index (χ4v) is 3.36. The summed E-state index contributed by atoms with van der Waals surface area (Å²) in [5, 5.41) is 3.23. The van der Waals surface area contributed by atoms with E-state index in [0.29, 0.717) is 0 Å². The molecular formula is C15H23BrN2O2. The van der Waals surface area contributed by atoms with E-state index in [4.69, 9.17) is 9.47 Å². The van der Waals surface area contributed by atoms with E-state index in [1.807, 2.05) is 13.1 Å². The second-order valence-electron chi connectivity index (χ2n) is 4.93. The first-order chi connectivity index (χ1) is 9.71. The van der Waals surface area contributed by atoms with E-state index in [1.165, 1.54) is 5.56 Å². The van der Waals surface area contributed by atoms with Gasteiger partial charge in [0.05, 0.1) is 30.3 Å². The molecule has 0 bridgehead atoms. The summed E-state index contributed by atoms with van der Waals surface area (Å²) < 4.78 is 12.3. The molecular weight excluding hydrogens is 320 g/mol. The number of nitrogens with zero attached hydrogens (tertiary/aromatic N) is 1. The van der Waals surface area contributed by atoms with Gasteiger partial charge in [0, 0.05) is 13.1 Å². The number of halogens is 1. The minimum absolute atomic E-state index is 0.175. The highest BCUT2D eigenvalue weighted by molar-refractivity contribution is 9.10. The van der Waals surface area contributed by atoms with Crippen molar-refractivity contribution in [2.45, 2.75) is 19.1 Å². The van der Waals surface area contributed by atoms with Gasteiger partial charge < -0.3 is 14.8 Å². The lowest BCUT2D eigenvalue weighted by molar-refractivity contribution is -0.0686. The molecule has 5 heteroatoms. The van der Waals surface area contributed by atoms with Gasteiger partial charge in [-0.3, -0.25) is 4.90 Å². The first kappa shape index (κ1) is 15.8. The molecule has 0 amide bonds. The summed E-state index contributed by atoms with van der Waals surface area (Å²) >= 11 is 3.57. The van der Waals surface area contributed by atoms with Crippen LogP contribution in [-0.2, 0) is 4.74 Å². The van der Waals surface area contributed by atoms with Crippen molar-refractivity contribution in [1.82, 2.24) is 10.2 Å². The van der Waals surface area contributed by atoms with Crippen LogP contribution < -0.4 is 10.1 Å². The molecule has 1 fully saturated rings. The van der Waals surface area contributed by atoms with E-state index < -0.39 is 0 Å². The van der Waals surface area contributed by atoms with Crippen molar-refractivity contribution in [1.29, 1.82) is 0 Å². The molecule has 2 rings (SSSR count). The third kappa shape index (κ3) is 3.34. The Balaban J connectivity index is 2.30. The van der Waals surface area contributed by atoms with Crippen LogP contribution in [0.15, 0.2) is 22.7 Å². The topological polar surface area (TPSA) is 33.7 Å². The lowest BCUT2D eigenvalue weighted by Crippen LogP contribution is -2.48. The molecule has 0 radical (unpaired) electrons. The molecule has 0 aliphatic carbocycles. The Morgan fingerprint density at radius 2 is 2.30 bits per heavy atom. The first-order valence-electron chi connectivity index (χ1n) is 7.05. The molecule has 1 aromatic rings. The second kappa shape index (κ2) is 7.41. The lowest BCUT2D eigenvalue weighted by Gasteiger charge is -2.41. The Bertz CT molecular complexity index is 440. The predicted molar refractivity (Wildman–Crippen MR) is 84.3 cm³/mol. The van der Waals surface area contributed by atoms with Crippen molar-refractivity contribution in [3.63, 3.8) is 0 Å². The standard InChI is InChI=1S/C15H23BrN2O2/c1-4-18-7-8-20-14(10-17-2)15(18)11-5-6-13(19-3)12(16)9-11/h5-6,9,14-15,17H,4,7-8,10H2,1-3H3. The highest BCUT2D eigenvalue weighted by Gasteiger charge is 2.32. The number of ether oxygens (including phenoxy) is 2. The molecule has 0 aromatic heterocycles. The van der Waals surface area contributed by atoms with Crippen LogP contribution in [0, 0.1) is 0 Å². The molecule has 20 heavy (non-hydrogen) atoms. The molecule has 112 valence electrons. The van der Waals surface area contributed by atoms with E-state index in [9.17, 15) is 0 Å². The quantitative estimate of drug-likeness (QED) is 0.891. The third-order valence-electron chi connectivity index (χ3n) is 3.78. The van der Waals surface area contributed by atoms with Gasteiger partial charge in [-0.25, -0.2) is 0 Å². The molecule has 1 heterocycles. The largest absolute Gasteiger partial charge is 0.496 e. The lowest BCUT2D eigenvalue weighted by atomic mass is 9.97. The molecule has 2 unspecified atom stereocenters. The van der Waals surface area contributed by atoms with Crippen LogP contribution in [0.1, 0.15) is 18.5 Å². The van der Waals surface area contributed by atoms with Crippen LogP contribution in [0.4, 0.5) is 0 Å². The van der Waals surface area contributed by atoms with Crippen molar-refractivity contribution in [3.05, 3.63) is 28.2 Å². The number of morpholine rings is 1. The Kier molecular flexibility index (Phi) is 5.84. The zero-order valence-electron chi connectivity index (χ0n) is 12.4. The minimum atomic E-state index is 0.175. The zero-order valence-corrected chi connectivity index (χ0v) is 13.9.